The molecular weight excluding hydrogens is 415 g/mol. The maximum Gasteiger partial charge on any atom is 0.162 e. The van der Waals surface area contributed by atoms with Gasteiger partial charge in [-0.3, -0.25) is 4.79 Å². The topological polar surface area (TPSA) is 44.1 Å². The van der Waals surface area contributed by atoms with Crippen LogP contribution in [-0.4, -0.2) is 12.3 Å². The summed E-state index contributed by atoms with van der Waals surface area (Å²) in [5.41, 5.74) is 6.08. The third-order valence-electron chi connectivity index (χ3n) is 5.39. The normalized spacial score (nSPS) is 12.5. The zero-order valence-electron chi connectivity index (χ0n) is 16.4. The number of carbonyl (C=O) groups excluding carboxylic acids is 1. The zero-order valence-corrected chi connectivity index (χ0v) is 17.9. The number of Topliss-reactive ketones (excluding diaryl/α,β-unsaturated/α-hetero) is 1. The molecule has 0 spiro atoms. The van der Waals surface area contributed by atoms with E-state index in [9.17, 15) is 4.79 Å². The number of ketones is 1. The second-order valence-electron chi connectivity index (χ2n) is 7.36. The van der Waals surface area contributed by atoms with Gasteiger partial charge in [0, 0.05) is 35.7 Å². The van der Waals surface area contributed by atoms with Crippen molar-refractivity contribution in [3.8, 4) is 17.2 Å². The maximum absolute atomic E-state index is 12.4. The van der Waals surface area contributed by atoms with Gasteiger partial charge in [0.25, 0.3) is 0 Å². The summed E-state index contributed by atoms with van der Waals surface area (Å²) in [6.07, 6.45) is 2.34. The summed E-state index contributed by atoms with van der Waals surface area (Å²) in [4.78, 5) is 14.7. The fourth-order valence-electron chi connectivity index (χ4n) is 3.85. The van der Waals surface area contributed by atoms with Crippen LogP contribution in [0, 0.1) is 11.3 Å². The van der Waals surface area contributed by atoms with Crippen LogP contribution in [0.4, 0.5) is 11.4 Å². The van der Waals surface area contributed by atoms with Crippen molar-refractivity contribution >= 4 is 40.4 Å². The Labute approximate surface area is 186 Å². The number of rotatable bonds is 6. The number of anilines is 2. The number of halogens is 2. The van der Waals surface area contributed by atoms with Crippen LogP contribution in [0.5, 0.6) is 0 Å². The number of hydrogen-bond donors (Lipinski definition) is 0. The summed E-state index contributed by atoms with van der Waals surface area (Å²) in [5, 5.41) is 9.92. The van der Waals surface area contributed by atoms with Crippen LogP contribution in [0.1, 0.15) is 35.2 Å². The Balaban J connectivity index is 1.64. The van der Waals surface area contributed by atoms with Gasteiger partial charge in [-0.2, -0.15) is 5.26 Å². The first-order valence-electron chi connectivity index (χ1n) is 9.93. The minimum Gasteiger partial charge on any atom is -0.340 e. The highest BCUT2D eigenvalue weighted by Crippen LogP contribution is 2.41. The molecule has 0 fully saturated rings. The molecule has 0 aromatic heterocycles. The molecule has 0 aliphatic carbocycles. The second kappa shape index (κ2) is 8.92. The Hall–Kier alpha value is -2.80. The van der Waals surface area contributed by atoms with E-state index in [1.807, 2.05) is 36.4 Å². The molecule has 3 nitrogen and oxygen atoms in total. The van der Waals surface area contributed by atoms with Crippen molar-refractivity contribution in [3.63, 3.8) is 0 Å². The van der Waals surface area contributed by atoms with Crippen LogP contribution in [-0.2, 0) is 6.42 Å². The molecule has 0 bridgehead atoms. The molecule has 0 unspecified atom stereocenters. The van der Waals surface area contributed by atoms with E-state index in [2.05, 4.69) is 29.2 Å². The molecule has 0 saturated heterocycles. The van der Waals surface area contributed by atoms with Gasteiger partial charge >= 0.3 is 0 Å². The van der Waals surface area contributed by atoms with Crippen LogP contribution < -0.4 is 4.90 Å². The quantitative estimate of drug-likeness (QED) is 0.303. The van der Waals surface area contributed by atoms with Gasteiger partial charge in [-0.1, -0.05) is 53.5 Å². The average molecular weight is 435 g/mol. The monoisotopic (exact) mass is 434 g/mol. The van der Waals surface area contributed by atoms with E-state index >= 15 is 0 Å². The predicted octanol–water partition coefficient (Wildman–Crippen LogP) is 7.23. The van der Waals surface area contributed by atoms with Gasteiger partial charge in [0.1, 0.15) is 0 Å². The third-order valence-corrected chi connectivity index (χ3v) is 5.93. The Morgan fingerprint density at radius 1 is 1.00 bits per heavy atom. The lowest BCUT2D eigenvalue weighted by molar-refractivity contribution is 0.0980. The molecular formula is C25H20Cl2N2O. The highest BCUT2D eigenvalue weighted by Gasteiger charge is 2.23. The van der Waals surface area contributed by atoms with E-state index in [-0.39, 0.29) is 5.78 Å². The fraction of sp³-hybridized carbons (Fsp3) is 0.200. The van der Waals surface area contributed by atoms with Crippen molar-refractivity contribution in [2.45, 2.75) is 25.7 Å². The first-order valence-corrected chi connectivity index (χ1v) is 10.7. The van der Waals surface area contributed by atoms with Crippen LogP contribution in [0.2, 0.25) is 10.0 Å². The summed E-state index contributed by atoms with van der Waals surface area (Å²) >= 11 is 12.5. The smallest absolute Gasteiger partial charge is 0.162 e. The lowest BCUT2D eigenvalue weighted by atomic mass is 9.98. The van der Waals surface area contributed by atoms with E-state index in [0.717, 1.165) is 35.5 Å². The molecule has 4 rings (SSSR count). The second-order valence-corrected chi connectivity index (χ2v) is 8.20. The van der Waals surface area contributed by atoms with Crippen LogP contribution in [0.25, 0.3) is 11.1 Å². The molecule has 0 atom stereocenters. The van der Waals surface area contributed by atoms with Gasteiger partial charge in [0.2, 0.25) is 0 Å². The fourth-order valence-corrected chi connectivity index (χ4v) is 4.36. The molecule has 3 aromatic carbocycles. The lowest BCUT2D eigenvalue weighted by Crippen LogP contribution is -2.13. The van der Waals surface area contributed by atoms with Crippen molar-refractivity contribution in [2.24, 2.45) is 0 Å². The molecule has 0 saturated carbocycles. The average Bonchev–Trinajstić information content (AvgIpc) is 3.17. The third kappa shape index (κ3) is 4.21. The molecule has 1 aliphatic rings. The Morgan fingerprint density at radius 3 is 2.63 bits per heavy atom. The van der Waals surface area contributed by atoms with Crippen molar-refractivity contribution in [2.75, 3.05) is 11.4 Å². The van der Waals surface area contributed by atoms with Crippen molar-refractivity contribution in [1.29, 1.82) is 5.26 Å². The highest BCUT2D eigenvalue weighted by molar-refractivity contribution is 6.36. The van der Waals surface area contributed by atoms with Crippen molar-refractivity contribution in [3.05, 3.63) is 81.8 Å². The zero-order chi connectivity index (χ0) is 21.1. The van der Waals surface area contributed by atoms with Crippen molar-refractivity contribution in [1.82, 2.24) is 0 Å². The molecule has 3 aromatic rings. The van der Waals surface area contributed by atoms with E-state index in [0.29, 0.717) is 34.9 Å². The van der Waals surface area contributed by atoms with Crippen LogP contribution >= 0.6 is 23.2 Å². The lowest BCUT2D eigenvalue weighted by Gasteiger charge is -2.21. The van der Waals surface area contributed by atoms with Gasteiger partial charge < -0.3 is 4.90 Å². The van der Waals surface area contributed by atoms with E-state index < -0.39 is 0 Å². The summed E-state index contributed by atoms with van der Waals surface area (Å²) < 4.78 is 0. The number of carbonyl (C=O) groups is 1. The standard InChI is InChI=1S/C25H20Cl2N2O/c26-21-9-10-23(22(27)16-21)29-13-11-17-7-8-19(15-24(17)29)18-4-3-5-20(14-18)25(30)6-1-2-12-28/h3-5,7-10,14-16H,1-2,6,11,13H2. The van der Waals surface area contributed by atoms with Crippen molar-refractivity contribution < 1.29 is 4.79 Å². The number of benzene rings is 3. The number of unbranched alkanes of at least 4 members (excludes halogenated alkanes) is 1. The summed E-state index contributed by atoms with van der Waals surface area (Å²) in [6, 6.07) is 21.8. The van der Waals surface area contributed by atoms with Gasteiger partial charge in [0.05, 0.1) is 16.8 Å². The Kier molecular flexibility index (Phi) is 6.08. The van der Waals surface area contributed by atoms with Crippen LogP contribution in [0.15, 0.2) is 60.7 Å². The summed E-state index contributed by atoms with van der Waals surface area (Å²) in [5.74, 6) is 0.0721. The Bertz CT molecular complexity index is 1150. The first-order chi connectivity index (χ1) is 14.6. The maximum atomic E-state index is 12.4. The molecule has 1 heterocycles. The molecule has 0 radical (unpaired) electrons. The first kappa shape index (κ1) is 20.5. The van der Waals surface area contributed by atoms with Gasteiger partial charge in [-0.05, 0) is 59.9 Å². The molecule has 30 heavy (non-hydrogen) atoms. The molecule has 5 heteroatoms. The van der Waals surface area contributed by atoms with E-state index in [1.54, 1.807) is 6.07 Å². The minimum atomic E-state index is 0.0721. The predicted molar refractivity (Wildman–Crippen MR) is 123 cm³/mol. The molecule has 0 N–H and O–H groups in total. The number of nitrogens with zero attached hydrogens (tertiary/aromatic N) is 2. The number of hydrogen-bond acceptors (Lipinski definition) is 3. The van der Waals surface area contributed by atoms with Gasteiger partial charge in [-0.15, -0.1) is 0 Å². The number of fused-ring (bicyclic) bond motifs is 1. The Morgan fingerprint density at radius 2 is 1.83 bits per heavy atom. The SMILES string of the molecule is N#CCCCC(=O)c1cccc(-c2ccc3c(c2)N(c2ccc(Cl)cc2Cl)CC3)c1. The molecule has 0 amide bonds. The summed E-state index contributed by atoms with van der Waals surface area (Å²) in [6.45, 7) is 0.859. The highest BCUT2D eigenvalue weighted by atomic mass is 35.5. The molecule has 150 valence electrons. The van der Waals surface area contributed by atoms with Gasteiger partial charge in [0.15, 0.2) is 5.78 Å². The van der Waals surface area contributed by atoms with Crippen LogP contribution in [0.3, 0.4) is 0 Å². The van der Waals surface area contributed by atoms with Gasteiger partial charge in [-0.25, -0.2) is 0 Å². The van der Waals surface area contributed by atoms with E-state index in [4.69, 9.17) is 28.5 Å². The largest absolute Gasteiger partial charge is 0.340 e. The summed E-state index contributed by atoms with van der Waals surface area (Å²) in [7, 11) is 0. The number of nitriles is 1. The minimum absolute atomic E-state index is 0.0721. The molecule has 1 aliphatic heterocycles. The van der Waals surface area contributed by atoms with E-state index in [1.165, 1.54) is 5.56 Å².